The van der Waals surface area contributed by atoms with Gasteiger partial charge in [0.05, 0.1) is 19.2 Å². The summed E-state index contributed by atoms with van der Waals surface area (Å²) in [5.74, 6) is 1.03. The minimum absolute atomic E-state index is 0. The Morgan fingerprint density at radius 3 is 2.20 bits per heavy atom. The number of benzene rings is 3. The van der Waals surface area contributed by atoms with Crippen molar-refractivity contribution in [1.82, 2.24) is 15.0 Å². The Bertz CT molecular complexity index is 2190. The number of aliphatic hydroxyl groups is 1. The van der Waals surface area contributed by atoms with Crippen LogP contribution in [0.25, 0.3) is 55.0 Å². The number of aliphatic hydroxyl groups excluding tert-OH is 1. The second-order valence-corrected chi connectivity index (χ2v) is 19.8. The molecule has 6 rings (SSSR count). The molecule has 3 heterocycles. The third-order valence-electron chi connectivity index (χ3n) is 10.7. The van der Waals surface area contributed by atoms with Crippen LogP contribution in [0.5, 0.6) is 0 Å². The zero-order valence-electron chi connectivity index (χ0n) is 31.1. The van der Waals surface area contributed by atoms with E-state index in [1.807, 2.05) is 72.7 Å². The van der Waals surface area contributed by atoms with Gasteiger partial charge in [0.1, 0.15) is 11.6 Å². The molecule has 0 aliphatic heterocycles. The normalized spacial score (nSPS) is 12.6. The predicted molar refractivity (Wildman–Crippen MR) is 207 cm³/mol. The number of rotatable bonds is 9. The zero-order valence-corrected chi connectivity index (χ0v) is 34.5. The van der Waals surface area contributed by atoms with Crippen LogP contribution in [0, 0.1) is 23.8 Å². The van der Waals surface area contributed by atoms with E-state index in [1.54, 1.807) is 6.20 Å². The van der Waals surface area contributed by atoms with Crippen molar-refractivity contribution in [2.75, 3.05) is 0 Å². The molecule has 8 heteroatoms. The van der Waals surface area contributed by atoms with Crippen molar-refractivity contribution in [1.29, 1.82) is 0 Å². The van der Waals surface area contributed by atoms with Crippen LogP contribution in [0.2, 0.25) is 19.6 Å². The van der Waals surface area contributed by atoms with E-state index in [2.05, 4.69) is 61.0 Å². The fraction of sp³-hybridized carbons (Fsp3) is 0.381. The van der Waals surface area contributed by atoms with Crippen molar-refractivity contribution >= 4 is 62.8 Å². The van der Waals surface area contributed by atoms with Crippen LogP contribution in [0.15, 0.2) is 77.0 Å². The molecule has 0 saturated heterocycles. The Labute approximate surface area is 311 Å². The number of aryl methyl sites for hydroxylation is 1. The smallest absolute Gasteiger partial charge is 0.216 e. The monoisotopic (exact) mass is 865 g/mol. The number of hydrogen-bond donors (Lipinski definition) is 1. The first-order valence-electron chi connectivity index (χ1n) is 17.6. The number of nitrogens with zero attached hydrogens (tertiary/aromatic N) is 3. The van der Waals surface area contributed by atoms with Crippen LogP contribution in [-0.4, -0.2) is 33.9 Å². The molecule has 0 fully saturated rings. The van der Waals surface area contributed by atoms with E-state index in [9.17, 15) is 9.90 Å². The molecular weight excluding hydrogens is 815 g/mol. The molecule has 0 aliphatic rings. The van der Waals surface area contributed by atoms with Gasteiger partial charge in [-0.05, 0) is 55.5 Å². The van der Waals surface area contributed by atoms with Crippen molar-refractivity contribution in [3.05, 3.63) is 84.5 Å². The van der Waals surface area contributed by atoms with E-state index >= 15 is 0 Å². The Morgan fingerprint density at radius 2 is 1.56 bits per heavy atom. The van der Waals surface area contributed by atoms with E-state index in [1.165, 1.54) is 22.0 Å². The number of furan rings is 1. The number of aromatic nitrogens is 3. The van der Waals surface area contributed by atoms with Crippen molar-refractivity contribution in [2.45, 2.75) is 93.8 Å². The van der Waals surface area contributed by atoms with Crippen LogP contribution in [0.1, 0.15) is 73.1 Å². The van der Waals surface area contributed by atoms with Gasteiger partial charge in [0.15, 0.2) is 5.78 Å². The third kappa shape index (κ3) is 7.35. The van der Waals surface area contributed by atoms with E-state index in [4.69, 9.17) is 14.4 Å². The van der Waals surface area contributed by atoms with E-state index in [-0.39, 0.29) is 42.5 Å². The summed E-state index contributed by atoms with van der Waals surface area (Å²) in [4.78, 5) is 26.4. The number of pyridine rings is 1. The summed E-state index contributed by atoms with van der Waals surface area (Å²) < 4.78 is 6.20. The summed E-state index contributed by atoms with van der Waals surface area (Å²) in [7, 11) is -1.59. The molecule has 3 aromatic heterocycles. The van der Waals surface area contributed by atoms with Crippen LogP contribution in [0.4, 0.5) is 0 Å². The van der Waals surface area contributed by atoms with Gasteiger partial charge in [-0.1, -0.05) is 108 Å². The van der Waals surface area contributed by atoms with Gasteiger partial charge >= 0.3 is 0 Å². The summed E-state index contributed by atoms with van der Waals surface area (Å²) in [6.07, 6.45) is 6.51. The van der Waals surface area contributed by atoms with Crippen molar-refractivity contribution < 1.29 is 34.4 Å². The summed E-state index contributed by atoms with van der Waals surface area (Å²) in [5, 5.41) is 17.1. The summed E-state index contributed by atoms with van der Waals surface area (Å²) in [5.41, 5.74) is 3.49. The molecular formula is C42H50IrN3O3Si-. The molecule has 0 saturated carbocycles. The van der Waals surface area contributed by atoms with Crippen molar-refractivity contribution in [3.8, 4) is 11.3 Å². The van der Waals surface area contributed by atoms with E-state index in [0.717, 1.165) is 70.0 Å². The second-order valence-electron chi connectivity index (χ2n) is 14.7. The Hall–Kier alpha value is -3.71. The Morgan fingerprint density at radius 1 is 0.880 bits per heavy atom. The number of carbonyl (C=O) groups is 1. The minimum atomic E-state index is -1.59. The first kappa shape index (κ1) is 39.1. The quantitative estimate of drug-likeness (QED) is 0.0512. The minimum Gasteiger partial charge on any atom is -0.512 e. The molecule has 265 valence electrons. The average Bonchev–Trinajstić information content (AvgIpc) is 3.49. The molecule has 6 nitrogen and oxygen atoms in total. The Kier molecular flexibility index (Phi) is 11.9. The van der Waals surface area contributed by atoms with Crippen molar-refractivity contribution in [3.63, 3.8) is 0 Å². The molecule has 50 heavy (non-hydrogen) atoms. The predicted octanol–water partition coefficient (Wildman–Crippen LogP) is 11.0. The van der Waals surface area contributed by atoms with Crippen LogP contribution in [-0.2, 0) is 24.9 Å². The molecule has 0 atom stereocenters. The van der Waals surface area contributed by atoms with Gasteiger partial charge in [-0.15, -0.1) is 18.2 Å². The van der Waals surface area contributed by atoms with Crippen LogP contribution in [0.3, 0.4) is 0 Å². The fourth-order valence-electron chi connectivity index (χ4n) is 6.33. The van der Waals surface area contributed by atoms with Gasteiger partial charge in [-0.2, -0.15) is 0 Å². The van der Waals surface area contributed by atoms with Gasteiger partial charge in [-0.25, -0.2) is 9.97 Å². The van der Waals surface area contributed by atoms with Gasteiger partial charge in [-0.3, -0.25) is 9.78 Å². The maximum atomic E-state index is 12.2. The van der Waals surface area contributed by atoms with E-state index in [0.29, 0.717) is 5.71 Å². The van der Waals surface area contributed by atoms with Gasteiger partial charge in [0.2, 0.25) is 5.71 Å². The number of allylic oxidation sites excluding steroid dienone is 2. The number of hydrogen-bond acceptors (Lipinski definition) is 6. The summed E-state index contributed by atoms with van der Waals surface area (Å²) in [6.45, 7) is 21.2. The number of carbonyl (C=O) groups excluding carboxylic acids is 1. The van der Waals surface area contributed by atoms with Gasteiger partial charge < -0.3 is 9.52 Å². The maximum absolute atomic E-state index is 12.2. The second kappa shape index (κ2) is 15.3. The van der Waals surface area contributed by atoms with Crippen LogP contribution >= 0.6 is 0 Å². The molecule has 1 N–H and O–H groups in total. The standard InChI is InChI=1S/C27H22N3OSi.C15H28O2.Ir/c1-16-29-24(21-10-6-9-18-19-11-7-15-28-27(19)31-26(18)21)20-14-13-17-8-5-12-22(32(2,3)4)23(17)25(20)30-16;1-7-14(5,8-2)12(16)11-13(17)15(6,9-3)10-4;/h5-9,11-15H,1-4H3;11,16H,7-10H2,1-6H3;/q-1;;/b;12-11-;. The Balaban J connectivity index is 0.000000269. The molecule has 6 aromatic rings. The molecule has 0 unspecified atom stereocenters. The molecule has 0 amide bonds. The van der Waals surface area contributed by atoms with Crippen LogP contribution < -0.4 is 5.19 Å². The van der Waals surface area contributed by atoms with Gasteiger partial charge in [0, 0.05) is 59.7 Å². The topological polar surface area (TPSA) is 89.1 Å². The molecule has 0 bridgehead atoms. The maximum Gasteiger partial charge on any atom is 0.216 e. The molecule has 3 aromatic carbocycles. The van der Waals surface area contributed by atoms with Crippen molar-refractivity contribution in [2.24, 2.45) is 10.8 Å². The zero-order chi connectivity index (χ0) is 35.7. The largest absolute Gasteiger partial charge is 0.512 e. The molecule has 0 spiro atoms. The molecule has 0 aliphatic carbocycles. The average molecular weight is 865 g/mol. The molecule has 1 radical (unpaired) electrons. The first-order valence-corrected chi connectivity index (χ1v) is 21.1. The first-order chi connectivity index (χ1) is 23.2. The van der Waals surface area contributed by atoms with Gasteiger partial charge in [0.25, 0.3) is 0 Å². The number of fused-ring (bicyclic) bond motifs is 6. The summed E-state index contributed by atoms with van der Waals surface area (Å²) >= 11 is 0. The summed E-state index contributed by atoms with van der Waals surface area (Å²) in [6, 6.07) is 22.3. The fourth-order valence-corrected chi connectivity index (χ4v) is 7.94. The van der Waals surface area contributed by atoms with E-state index < -0.39 is 8.07 Å². The SMILES string of the molecule is CCC(C)(CC)C(=O)/C=C(\O)C(C)(CC)CC.Cc1nc(-c2[c-]ccc3c2oc2ncccc23)c2ccc3cccc([Si](C)(C)C)c3c2n1.[Ir]. The third-order valence-corrected chi connectivity index (χ3v) is 12.7. The number of ketones is 1.